The third-order valence-corrected chi connectivity index (χ3v) is 4.80. The number of carbonyl (C=O) groups is 2. The van der Waals surface area contributed by atoms with Gasteiger partial charge in [0.25, 0.3) is 0 Å². The smallest absolute Gasteiger partial charge is 0.343 e. The van der Waals surface area contributed by atoms with Crippen LogP contribution < -0.4 is 4.74 Å². The summed E-state index contributed by atoms with van der Waals surface area (Å²) in [5, 5.41) is 0. The topological polar surface area (TPSA) is 43.4 Å². The van der Waals surface area contributed by atoms with Gasteiger partial charge in [0, 0.05) is 5.56 Å². The molecule has 4 aromatic rings. The highest BCUT2D eigenvalue weighted by Gasteiger charge is 2.07. The van der Waals surface area contributed by atoms with Crippen LogP contribution in [-0.2, 0) is 0 Å². The van der Waals surface area contributed by atoms with Crippen LogP contribution in [0.25, 0.3) is 17.2 Å². The van der Waals surface area contributed by atoms with Crippen LogP contribution in [0.5, 0.6) is 5.75 Å². The number of benzene rings is 4. The lowest BCUT2D eigenvalue weighted by atomic mass is 10.0. The van der Waals surface area contributed by atoms with Crippen LogP contribution in [0.4, 0.5) is 0 Å². The number of rotatable bonds is 6. The van der Waals surface area contributed by atoms with Crippen LogP contribution in [0.1, 0.15) is 26.3 Å². The van der Waals surface area contributed by atoms with E-state index in [1.807, 2.05) is 60.7 Å². The van der Waals surface area contributed by atoms with Gasteiger partial charge in [-0.2, -0.15) is 0 Å². The minimum Gasteiger partial charge on any atom is -0.423 e. The van der Waals surface area contributed by atoms with Gasteiger partial charge in [0.1, 0.15) is 5.75 Å². The van der Waals surface area contributed by atoms with Crippen molar-refractivity contribution < 1.29 is 14.3 Å². The molecular formula is C28H20O3. The number of ether oxygens (including phenoxy) is 1. The van der Waals surface area contributed by atoms with Crippen LogP contribution in [0.3, 0.4) is 0 Å². The Hall–Kier alpha value is -4.24. The molecule has 4 rings (SSSR count). The molecule has 0 aromatic heterocycles. The number of ketones is 1. The molecular weight excluding hydrogens is 384 g/mol. The molecule has 0 radical (unpaired) electrons. The molecule has 150 valence electrons. The molecule has 0 saturated carbocycles. The van der Waals surface area contributed by atoms with Gasteiger partial charge in [-0.3, -0.25) is 4.79 Å². The van der Waals surface area contributed by atoms with Gasteiger partial charge in [-0.1, -0.05) is 91.0 Å². The second-order valence-electron chi connectivity index (χ2n) is 6.97. The van der Waals surface area contributed by atoms with E-state index in [4.69, 9.17) is 4.74 Å². The summed E-state index contributed by atoms with van der Waals surface area (Å²) in [5.74, 6) is -0.0222. The highest BCUT2D eigenvalue weighted by atomic mass is 16.5. The summed E-state index contributed by atoms with van der Waals surface area (Å²) in [4.78, 5) is 24.6. The molecule has 0 atom stereocenters. The molecule has 0 saturated heterocycles. The Morgan fingerprint density at radius 2 is 1.16 bits per heavy atom. The number of allylic oxidation sites excluding steroid dienone is 1. The van der Waals surface area contributed by atoms with Crippen LogP contribution in [0.2, 0.25) is 0 Å². The fraction of sp³-hybridized carbons (Fsp3) is 0. The van der Waals surface area contributed by atoms with Gasteiger partial charge >= 0.3 is 5.97 Å². The van der Waals surface area contributed by atoms with Crippen molar-refractivity contribution in [2.24, 2.45) is 0 Å². The Kier molecular flexibility index (Phi) is 6.15. The minimum absolute atomic E-state index is 0.0702. The second-order valence-corrected chi connectivity index (χ2v) is 6.97. The van der Waals surface area contributed by atoms with Crippen molar-refractivity contribution in [3.63, 3.8) is 0 Å². The third kappa shape index (κ3) is 5.22. The minimum atomic E-state index is -0.405. The van der Waals surface area contributed by atoms with E-state index in [2.05, 4.69) is 0 Å². The molecule has 0 unspecified atom stereocenters. The lowest BCUT2D eigenvalue weighted by molar-refractivity contribution is 0.0734. The maximum Gasteiger partial charge on any atom is 0.343 e. The second kappa shape index (κ2) is 9.51. The first-order valence-electron chi connectivity index (χ1n) is 9.94. The quantitative estimate of drug-likeness (QED) is 0.160. The van der Waals surface area contributed by atoms with Crippen molar-refractivity contribution in [2.45, 2.75) is 0 Å². The van der Waals surface area contributed by atoms with Crippen LogP contribution in [-0.4, -0.2) is 11.8 Å². The molecule has 0 aliphatic rings. The lowest BCUT2D eigenvalue weighted by Gasteiger charge is -2.04. The van der Waals surface area contributed by atoms with Crippen LogP contribution in [0.15, 0.2) is 115 Å². The molecule has 0 N–H and O–H groups in total. The summed E-state index contributed by atoms with van der Waals surface area (Å²) in [7, 11) is 0. The SMILES string of the molecule is O=C(C=Cc1ccc(OC(=O)c2ccccc2)cc1)c1ccc(-c2ccccc2)cc1. The predicted molar refractivity (Wildman–Crippen MR) is 123 cm³/mol. The van der Waals surface area contributed by atoms with Gasteiger partial charge in [-0.15, -0.1) is 0 Å². The average molecular weight is 404 g/mol. The predicted octanol–water partition coefficient (Wildman–Crippen LogP) is 6.47. The van der Waals surface area contributed by atoms with E-state index in [0.29, 0.717) is 16.9 Å². The van der Waals surface area contributed by atoms with Crippen molar-refractivity contribution in [1.29, 1.82) is 0 Å². The average Bonchev–Trinajstić information content (AvgIpc) is 2.84. The molecule has 0 heterocycles. The van der Waals surface area contributed by atoms with Gasteiger partial charge in [-0.25, -0.2) is 4.79 Å². The first-order chi connectivity index (χ1) is 15.2. The molecule has 0 bridgehead atoms. The maximum atomic E-state index is 12.5. The van der Waals surface area contributed by atoms with Gasteiger partial charge in [0.15, 0.2) is 5.78 Å². The zero-order valence-electron chi connectivity index (χ0n) is 16.8. The Balaban J connectivity index is 1.38. The van der Waals surface area contributed by atoms with E-state index >= 15 is 0 Å². The van der Waals surface area contributed by atoms with E-state index in [1.165, 1.54) is 0 Å². The summed E-state index contributed by atoms with van der Waals surface area (Å²) in [5.41, 5.74) is 4.15. The first kappa shape index (κ1) is 20.0. The largest absolute Gasteiger partial charge is 0.423 e. The molecule has 0 spiro atoms. The van der Waals surface area contributed by atoms with Crippen molar-refractivity contribution in [1.82, 2.24) is 0 Å². The number of esters is 1. The monoisotopic (exact) mass is 404 g/mol. The van der Waals surface area contributed by atoms with E-state index in [9.17, 15) is 9.59 Å². The van der Waals surface area contributed by atoms with Crippen molar-refractivity contribution in [3.8, 4) is 16.9 Å². The summed E-state index contributed by atoms with van der Waals surface area (Å²) >= 11 is 0. The van der Waals surface area contributed by atoms with Crippen molar-refractivity contribution >= 4 is 17.8 Å². The summed E-state index contributed by atoms with van der Waals surface area (Å²) in [6.07, 6.45) is 3.29. The Morgan fingerprint density at radius 3 is 1.81 bits per heavy atom. The van der Waals surface area contributed by atoms with Crippen molar-refractivity contribution in [3.05, 3.63) is 132 Å². The molecule has 0 aliphatic heterocycles. The van der Waals surface area contributed by atoms with Gasteiger partial charge in [-0.05, 0) is 47.0 Å². The summed E-state index contributed by atoms with van der Waals surface area (Å²) < 4.78 is 5.37. The van der Waals surface area contributed by atoms with Crippen LogP contribution >= 0.6 is 0 Å². The van der Waals surface area contributed by atoms with Gasteiger partial charge in [0.2, 0.25) is 0 Å². The Bertz CT molecular complexity index is 1190. The highest BCUT2D eigenvalue weighted by Crippen LogP contribution is 2.20. The fourth-order valence-electron chi connectivity index (χ4n) is 3.11. The molecule has 4 aromatic carbocycles. The van der Waals surface area contributed by atoms with E-state index in [0.717, 1.165) is 16.7 Å². The zero-order chi connectivity index (χ0) is 21.5. The molecule has 0 fully saturated rings. The van der Waals surface area contributed by atoms with Crippen molar-refractivity contribution in [2.75, 3.05) is 0 Å². The van der Waals surface area contributed by atoms with E-state index < -0.39 is 5.97 Å². The lowest BCUT2D eigenvalue weighted by Crippen LogP contribution is -2.07. The first-order valence-corrected chi connectivity index (χ1v) is 9.94. The fourth-order valence-corrected chi connectivity index (χ4v) is 3.11. The Morgan fingerprint density at radius 1 is 0.581 bits per heavy atom. The molecule has 0 amide bonds. The standard InChI is InChI=1S/C28H20O3/c29-27(24-16-14-23(15-17-24)22-7-3-1-4-8-22)20-13-21-11-18-26(19-12-21)31-28(30)25-9-5-2-6-10-25/h1-20H. The zero-order valence-corrected chi connectivity index (χ0v) is 16.8. The maximum absolute atomic E-state index is 12.5. The summed E-state index contributed by atoms with van der Waals surface area (Å²) in [6.45, 7) is 0. The third-order valence-electron chi connectivity index (χ3n) is 4.80. The molecule has 3 nitrogen and oxygen atoms in total. The molecule has 0 aliphatic carbocycles. The molecule has 3 heteroatoms. The van der Waals surface area contributed by atoms with Crippen LogP contribution in [0, 0.1) is 0 Å². The van der Waals surface area contributed by atoms with E-state index in [1.54, 1.807) is 60.7 Å². The normalized spacial score (nSPS) is 10.7. The van der Waals surface area contributed by atoms with Gasteiger partial charge < -0.3 is 4.74 Å². The number of hydrogen-bond donors (Lipinski definition) is 0. The number of hydrogen-bond acceptors (Lipinski definition) is 3. The van der Waals surface area contributed by atoms with E-state index in [-0.39, 0.29) is 5.78 Å². The molecule has 31 heavy (non-hydrogen) atoms. The van der Waals surface area contributed by atoms with Gasteiger partial charge in [0.05, 0.1) is 5.56 Å². The summed E-state index contributed by atoms with van der Waals surface area (Å²) in [6, 6.07) is 33.5. The number of carbonyl (C=O) groups excluding carboxylic acids is 2. The highest BCUT2D eigenvalue weighted by molar-refractivity contribution is 6.07. The Labute approximate surface area is 181 Å².